The van der Waals surface area contributed by atoms with E-state index in [0.717, 1.165) is 22.6 Å². The number of rotatable bonds is 8. The van der Waals surface area contributed by atoms with Gasteiger partial charge in [-0.05, 0) is 58.6 Å². The van der Waals surface area contributed by atoms with E-state index in [0.29, 0.717) is 30.9 Å². The summed E-state index contributed by atoms with van der Waals surface area (Å²) < 4.78 is 17.7. The summed E-state index contributed by atoms with van der Waals surface area (Å²) in [7, 11) is 3.94. The first-order valence-corrected chi connectivity index (χ1v) is 10.00. The van der Waals surface area contributed by atoms with Crippen molar-refractivity contribution in [2.75, 3.05) is 20.6 Å². The minimum Gasteiger partial charge on any atom is -0.353 e. The minimum atomic E-state index is -0.299. The summed E-state index contributed by atoms with van der Waals surface area (Å²) in [6.07, 6.45) is 0. The lowest BCUT2D eigenvalue weighted by molar-refractivity contribution is -0.121. The number of hydrogen-bond acceptors (Lipinski definition) is 4. The summed E-state index contributed by atoms with van der Waals surface area (Å²) in [5.74, 6) is -0.400. The molecular formula is C22H29FN6O. The average Bonchev–Trinajstić information content (AvgIpc) is 3.18. The fourth-order valence-electron chi connectivity index (χ4n) is 3.33. The maximum absolute atomic E-state index is 14.2. The van der Waals surface area contributed by atoms with Gasteiger partial charge in [-0.25, -0.2) is 4.39 Å². The van der Waals surface area contributed by atoms with Crippen LogP contribution in [0.25, 0.3) is 11.3 Å². The van der Waals surface area contributed by atoms with E-state index in [1.54, 1.807) is 22.9 Å². The predicted octanol–water partition coefficient (Wildman–Crippen LogP) is 2.69. The molecule has 1 aromatic carbocycles. The quantitative estimate of drug-likeness (QED) is 0.618. The lowest BCUT2D eigenvalue weighted by atomic mass is 10.1. The lowest BCUT2D eigenvalue weighted by Crippen LogP contribution is -2.31. The Morgan fingerprint density at radius 1 is 1.13 bits per heavy atom. The molecule has 30 heavy (non-hydrogen) atoms. The van der Waals surface area contributed by atoms with Crippen LogP contribution in [0.3, 0.4) is 0 Å². The molecule has 160 valence electrons. The first-order valence-electron chi connectivity index (χ1n) is 10.00. The number of hydrogen-bond donors (Lipinski definition) is 1. The standard InChI is InChI=1S/C22H29FN6O/c1-15-16(2)25-29(17(15)3)14-22(30)24-10-11-28-18(13-27(4)5)12-21(26-28)19-8-6-7-9-20(19)23/h6-9,12H,10-11,13-14H2,1-5H3,(H,24,30). The SMILES string of the molecule is Cc1nn(CC(=O)NCCn2nc(-c3ccccc3F)cc2CN(C)C)c(C)c1C. The Labute approximate surface area is 176 Å². The number of aryl methyl sites for hydroxylation is 1. The Morgan fingerprint density at radius 3 is 2.50 bits per heavy atom. The molecule has 1 N–H and O–H groups in total. The number of amides is 1. The Bertz CT molecular complexity index is 1040. The van der Waals surface area contributed by atoms with Crippen molar-refractivity contribution in [2.45, 2.75) is 40.4 Å². The highest BCUT2D eigenvalue weighted by Gasteiger charge is 2.14. The molecule has 3 aromatic rings. The highest BCUT2D eigenvalue weighted by atomic mass is 19.1. The van der Waals surface area contributed by atoms with Crippen LogP contribution in [-0.4, -0.2) is 51.0 Å². The van der Waals surface area contributed by atoms with Gasteiger partial charge in [-0.2, -0.15) is 10.2 Å². The molecule has 0 unspecified atom stereocenters. The minimum absolute atomic E-state index is 0.101. The van der Waals surface area contributed by atoms with Crippen LogP contribution in [0.5, 0.6) is 0 Å². The maximum atomic E-state index is 14.2. The van der Waals surface area contributed by atoms with Crippen LogP contribution in [0.2, 0.25) is 0 Å². The number of nitrogens with zero attached hydrogens (tertiary/aromatic N) is 5. The summed E-state index contributed by atoms with van der Waals surface area (Å²) in [6, 6.07) is 8.51. The van der Waals surface area contributed by atoms with E-state index in [1.165, 1.54) is 6.07 Å². The maximum Gasteiger partial charge on any atom is 0.241 e. The highest BCUT2D eigenvalue weighted by Crippen LogP contribution is 2.22. The third-order valence-corrected chi connectivity index (χ3v) is 5.17. The van der Waals surface area contributed by atoms with E-state index >= 15 is 0 Å². The molecule has 8 heteroatoms. The molecule has 0 radical (unpaired) electrons. The van der Waals surface area contributed by atoms with Crippen LogP contribution in [-0.2, 0) is 24.4 Å². The summed E-state index contributed by atoms with van der Waals surface area (Å²) in [5, 5.41) is 11.9. The van der Waals surface area contributed by atoms with E-state index in [4.69, 9.17) is 0 Å². The van der Waals surface area contributed by atoms with Crippen molar-refractivity contribution in [2.24, 2.45) is 0 Å². The molecule has 2 aromatic heterocycles. The van der Waals surface area contributed by atoms with Gasteiger partial charge in [-0.1, -0.05) is 12.1 Å². The normalized spacial score (nSPS) is 11.3. The van der Waals surface area contributed by atoms with Gasteiger partial charge in [0.25, 0.3) is 0 Å². The topological polar surface area (TPSA) is 68.0 Å². The molecule has 0 bridgehead atoms. The third kappa shape index (κ3) is 4.94. The van der Waals surface area contributed by atoms with Crippen molar-refractivity contribution < 1.29 is 9.18 Å². The molecule has 0 atom stereocenters. The van der Waals surface area contributed by atoms with Crippen LogP contribution >= 0.6 is 0 Å². The zero-order valence-corrected chi connectivity index (χ0v) is 18.2. The fraction of sp³-hybridized carbons (Fsp3) is 0.409. The predicted molar refractivity (Wildman–Crippen MR) is 114 cm³/mol. The van der Waals surface area contributed by atoms with Crippen LogP contribution in [0.1, 0.15) is 22.6 Å². The van der Waals surface area contributed by atoms with Gasteiger partial charge < -0.3 is 10.2 Å². The van der Waals surface area contributed by atoms with Crippen molar-refractivity contribution in [3.05, 3.63) is 58.8 Å². The molecule has 0 saturated carbocycles. The van der Waals surface area contributed by atoms with Crippen molar-refractivity contribution in [1.82, 2.24) is 29.8 Å². The van der Waals surface area contributed by atoms with E-state index in [2.05, 4.69) is 15.5 Å². The van der Waals surface area contributed by atoms with Gasteiger partial charge in [0.2, 0.25) is 5.91 Å². The second-order valence-corrected chi connectivity index (χ2v) is 7.77. The summed E-state index contributed by atoms with van der Waals surface area (Å²) >= 11 is 0. The third-order valence-electron chi connectivity index (χ3n) is 5.17. The highest BCUT2D eigenvalue weighted by molar-refractivity contribution is 5.75. The van der Waals surface area contributed by atoms with Crippen molar-refractivity contribution in [3.63, 3.8) is 0 Å². The molecule has 0 fully saturated rings. The van der Waals surface area contributed by atoms with E-state index < -0.39 is 0 Å². The summed E-state index contributed by atoms with van der Waals surface area (Å²) in [5.41, 5.74) is 5.06. The van der Waals surface area contributed by atoms with Crippen molar-refractivity contribution in [1.29, 1.82) is 0 Å². The molecular weight excluding hydrogens is 383 g/mol. The number of nitrogens with one attached hydrogen (secondary N) is 1. The van der Waals surface area contributed by atoms with Gasteiger partial charge in [-0.3, -0.25) is 14.2 Å². The molecule has 0 aliphatic rings. The number of aromatic nitrogens is 4. The fourth-order valence-corrected chi connectivity index (χ4v) is 3.33. The van der Waals surface area contributed by atoms with Crippen molar-refractivity contribution >= 4 is 5.91 Å². The second-order valence-electron chi connectivity index (χ2n) is 7.77. The number of carbonyl (C=O) groups excluding carboxylic acids is 1. The smallest absolute Gasteiger partial charge is 0.241 e. The van der Waals surface area contributed by atoms with Gasteiger partial charge in [0, 0.05) is 24.3 Å². The van der Waals surface area contributed by atoms with Crippen LogP contribution in [0, 0.1) is 26.6 Å². The zero-order chi connectivity index (χ0) is 21.8. The molecule has 2 heterocycles. The molecule has 3 rings (SSSR count). The molecule has 1 amide bonds. The molecule has 0 saturated heterocycles. The van der Waals surface area contributed by atoms with Gasteiger partial charge in [0.1, 0.15) is 12.4 Å². The largest absolute Gasteiger partial charge is 0.353 e. The molecule has 0 spiro atoms. The number of halogens is 1. The molecule has 0 aliphatic carbocycles. The summed E-state index contributed by atoms with van der Waals surface area (Å²) in [4.78, 5) is 14.4. The second kappa shape index (κ2) is 9.21. The van der Waals surface area contributed by atoms with Crippen molar-refractivity contribution in [3.8, 4) is 11.3 Å². The first kappa shape index (κ1) is 21.7. The van der Waals surface area contributed by atoms with E-state index in [1.807, 2.05) is 50.5 Å². The van der Waals surface area contributed by atoms with E-state index in [9.17, 15) is 9.18 Å². The monoisotopic (exact) mass is 412 g/mol. The average molecular weight is 413 g/mol. The Morgan fingerprint density at radius 2 is 1.87 bits per heavy atom. The first-order chi connectivity index (χ1) is 14.3. The number of carbonyl (C=O) groups is 1. The van der Waals surface area contributed by atoms with Gasteiger partial charge in [0.05, 0.1) is 23.6 Å². The number of benzene rings is 1. The molecule has 0 aliphatic heterocycles. The Kier molecular flexibility index (Phi) is 6.66. The zero-order valence-electron chi connectivity index (χ0n) is 18.2. The summed E-state index contributed by atoms with van der Waals surface area (Å²) in [6.45, 7) is 7.68. The van der Waals surface area contributed by atoms with Crippen LogP contribution in [0.4, 0.5) is 4.39 Å². The Hall–Kier alpha value is -3.00. The van der Waals surface area contributed by atoms with Gasteiger partial charge in [0.15, 0.2) is 0 Å². The lowest BCUT2D eigenvalue weighted by Gasteiger charge is -2.12. The van der Waals surface area contributed by atoms with Gasteiger partial charge in [-0.15, -0.1) is 0 Å². The van der Waals surface area contributed by atoms with Crippen LogP contribution < -0.4 is 5.32 Å². The Balaban J connectivity index is 1.67. The van der Waals surface area contributed by atoms with Gasteiger partial charge >= 0.3 is 0 Å². The van der Waals surface area contributed by atoms with Crippen LogP contribution in [0.15, 0.2) is 30.3 Å². The van der Waals surface area contributed by atoms with E-state index in [-0.39, 0.29) is 18.3 Å². The molecule has 7 nitrogen and oxygen atoms in total.